The van der Waals surface area contributed by atoms with Crippen molar-refractivity contribution in [3.05, 3.63) is 68.9 Å². The lowest BCUT2D eigenvalue weighted by atomic mass is 10.1. The molecule has 0 fully saturated rings. The normalized spacial score (nSPS) is 11.2. The summed E-state index contributed by atoms with van der Waals surface area (Å²) in [4.78, 5) is 18.1. The molecule has 0 amide bonds. The smallest absolute Gasteiger partial charge is 0.274 e. The summed E-state index contributed by atoms with van der Waals surface area (Å²) in [6.07, 6.45) is 0.628. The fourth-order valence-electron chi connectivity index (χ4n) is 2.56. The number of fused-ring (bicyclic) bond motifs is 1. The predicted molar refractivity (Wildman–Crippen MR) is 89.6 cm³/mol. The zero-order valence-electron chi connectivity index (χ0n) is 12.4. The first-order chi connectivity index (χ1) is 11.2. The number of hydrogen-bond donors (Lipinski definition) is 0. The van der Waals surface area contributed by atoms with E-state index in [2.05, 4.69) is 10.1 Å². The molecule has 0 atom stereocenters. The van der Waals surface area contributed by atoms with Crippen LogP contribution in [0.25, 0.3) is 22.4 Å². The van der Waals surface area contributed by atoms with Crippen molar-refractivity contribution in [1.82, 2.24) is 14.7 Å². The molecular weight excluding hydrogens is 310 g/mol. The summed E-state index contributed by atoms with van der Waals surface area (Å²) in [7, 11) is 1.72. The molecule has 5 nitrogen and oxygen atoms in total. The van der Waals surface area contributed by atoms with Gasteiger partial charge >= 0.3 is 0 Å². The van der Waals surface area contributed by atoms with E-state index in [-0.39, 0.29) is 5.56 Å². The highest BCUT2D eigenvalue weighted by atomic mass is 32.1. The zero-order valence-corrected chi connectivity index (χ0v) is 13.2. The molecule has 0 saturated carbocycles. The van der Waals surface area contributed by atoms with E-state index < -0.39 is 0 Å². The molecule has 0 bridgehead atoms. The third-order valence-electron chi connectivity index (χ3n) is 3.75. The first-order valence-corrected chi connectivity index (χ1v) is 8.04. The molecule has 3 heterocycles. The summed E-state index contributed by atoms with van der Waals surface area (Å²) in [5, 5.41) is 7.58. The molecule has 4 rings (SSSR count). The van der Waals surface area contributed by atoms with Crippen molar-refractivity contribution >= 4 is 22.1 Å². The summed E-state index contributed by atoms with van der Waals surface area (Å²) in [6.45, 7) is 0. The van der Waals surface area contributed by atoms with Crippen LogP contribution in [0.5, 0.6) is 0 Å². The zero-order chi connectivity index (χ0) is 15.8. The molecular formula is C17H13N3O2S. The number of aromatic nitrogens is 3. The molecule has 0 aliphatic carbocycles. The molecule has 3 aromatic heterocycles. The van der Waals surface area contributed by atoms with Crippen molar-refractivity contribution in [3.8, 4) is 11.6 Å². The van der Waals surface area contributed by atoms with Gasteiger partial charge in [-0.2, -0.15) is 4.98 Å². The lowest BCUT2D eigenvalue weighted by Crippen LogP contribution is -2.18. The van der Waals surface area contributed by atoms with Crippen molar-refractivity contribution < 1.29 is 4.52 Å². The van der Waals surface area contributed by atoms with Gasteiger partial charge in [-0.05, 0) is 29.0 Å². The van der Waals surface area contributed by atoms with Crippen LogP contribution in [0.15, 0.2) is 57.2 Å². The molecule has 6 heteroatoms. The molecule has 1 aromatic carbocycles. The minimum Gasteiger partial charge on any atom is -0.332 e. The van der Waals surface area contributed by atoms with E-state index >= 15 is 0 Å². The third-order valence-corrected chi connectivity index (χ3v) is 4.63. The first-order valence-electron chi connectivity index (χ1n) is 7.16. The fourth-order valence-corrected chi connectivity index (χ4v) is 3.26. The average molecular weight is 323 g/mol. The van der Waals surface area contributed by atoms with Crippen molar-refractivity contribution in [2.75, 3.05) is 0 Å². The number of rotatable bonds is 3. The van der Waals surface area contributed by atoms with Gasteiger partial charge in [-0.15, -0.1) is 11.3 Å². The van der Waals surface area contributed by atoms with E-state index in [1.54, 1.807) is 23.0 Å². The van der Waals surface area contributed by atoms with Gasteiger partial charge in [-0.3, -0.25) is 4.79 Å². The summed E-state index contributed by atoms with van der Waals surface area (Å²) in [6, 6.07) is 13.4. The van der Waals surface area contributed by atoms with Crippen LogP contribution in [-0.2, 0) is 13.5 Å². The predicted octanol–water partition coefficient (Wildman–Crippen LogP) is 3.24. The number of benzene rings is 1. The largest absolute Gasteiger partial charge is 0.332 e. The Morgan fingerprint density at radius 1 is 1.22 bits per heavy atom. The Morgan fingerprint density at radius 3 is 2.91 bits per heavy atom. The van der Waals surface area contributed by atoms with Crippen molar-refractivity contribution in [2.24, 2.45) is 7.05 Å². The van der Waals surface area contributed by atoms with Gasteiger partial charge in [0.2, 0.25) is 0 Å². The van der Waals surface area contributed by atoms with E-state index in [9.17, 15) is 4.79 Å². The van der Waals surface area contributed by atoms with Crippen LogP contribution in [0.3, 0.4) is 0 Å². The molecule has 4 aromatic rings. The Balaban J connectivity index is 1.79. The lowest BCUT2D eigenvalue weighted by Gasteiger charge is -2.06. The van der Waals surface area contributed by atoms with E-state index in [0.29, 0.717) is 29.2 Å². The summed E-state index contributed by atoms with van der Waals surface area (Å²) < 4.78 is 6.91. The maximum Gasteiger partial charge on any atom is 0.274 e. The maximum absolute atomic E-state index is 12.5. The molecule has 0 radical (unpaired) electrons. The van der Waals surface area contributed by atoms with Crippen LogP contribution in [0.1, 0.15) is 10.7 Å². The number of thiophene rings is 1. The van der Waals surface area contributed by atoms with Crippen molar-refractivity contribution in [3.63, 3.8) is 0 Å². The quantitative estimate of drug-likeness (QED) is 0.581. The number of hydrogen-bond acceptors (Lipinski definition) is 5. The first kappa shape index (κ1) is 13.9. The highest BCUT2D eigenvalue weighted by Crippen LogP contribution is 2.21. The highest BCUT2D eigenvalue weighted by Gasteiger charge is 2.15. The van der Waals surface area contributed by atoms with E-state index in [1.807, 2.05) is 47.8 Å². The van der Waals surface area contributed by atoms with Crippen molar-refractivity contribution in [2.45, 2.75) is 6.42 Å². The minimum atomic E-state index is -0.0730. The monoisotopic (exact) mass is 323 g/mol. The van der Waals surface area contributed by atoms with E-state index in [1.165, 1.54) is 4.88 Å². The standard InChI is InChI=1S/C17H13N3O2S/c1-20-14(9-11-5-2-3-7-13(11)17(20)21)16-18-15(19-22-16)10-12-6-4-8-23-12/h2-9H,10H2,1H3. The van der Waals surface area contributed by atoms with Crippen LogP contribution >= 0.6 is 11.3 Å². The molecule has 23 heavy (non-hydrogen) atoms. The summed E-state index contributed by atoms with van der Waals surface area (Å²) in [5.74, 6) is 0.977. The molecule has 0 unspecified atom stereocenters. The van der Waals surface area contributed by atoms with Gasteiger partial charge in [0.25, 0.3) is 11.4 Å². The van der Waals surface area contributed by atoms with Gasteiger partial charge in [-0.25, -0.2) is 0 Å². The van der Waals surface area contributed by atoms with Gasteiger partial charge in [0.05, 0.1) is 0 Å². The van der Waals surface area contributed by atoms with Gasteiger partial charge in [-0.1, -0.05) is 29.4 Å². The minimum absolute atomic E-state index is 0.0730. The molecule has 0 aliphatic heterocycles. The third kappa shape index (κ3) is 2.47. The highest BCUT2D eigenvalue weighted by molar-refractivity contribution is 7.09. The Bertz CT molecular complexity index is 1030. The Hall–Kier alpha value is -2.73. The lowest BCUT2D eigenvalue weighted by molar-refractivity contribution is 0.421. The Kier molecular flexibility index (Phi) is 3.31. The van der Waals surface area contributed by atoms with Crippen LogP contribution in [0.4, 0.5) is 0 Å². The Labute approximate surface area is 135 Å². The topological polar surface area (TPSA) is 60.9 Å². The molecule has 0 spiro atoms. The second kappa shape index (κ2) is 5.48. The van der Waals surface area contributed by atoms with Gasteiger partial charge in [0.15, 0.2) is 5.82 Å². The van der Waals surface area contributed by atoms with E-state index in [0.717, 1.165) is 5.39 Å². The summed E-state index contributed by atoms with van der Waals surface area (Å²) in [5.41, 5.74) is 0.551. The second-order valence-corrected chi connectivity index (χ2v) is 6.29. The van der Waals surface area contributed by atoms with Gasteiger partial charge in [0.1, 0.15) is 5.69 Å². The molecule has 0 aliphatic rings. The van der Waals surface area contributed by atoms with Crippen LogP contribution in [0, 0.1) is 0 Å². The van der Waals surface area contributed by atoms with Crippen LogP contribution < -0.4 is 5.56 Å². The van der Waals surface area contributed by atoms with Gasteiger partial charge < -0.3 is 9.09 Å². The number of nitrogens with zero attached hydrogens (tertiary/aromatic N) is 3. The number of pyridine rings is 1. The molecule has 0 N–H and O–H groups in total. The molecule has 0 saturated heterocycles. The SMILES string of the molecule is Cn1c(-c2nc(Cc3cccs3)no2)cc2ccccc2c1=O. The van der Waals surface area contributed by atoms with Crippen molar-refractivity contribution in [1.29, 1.82) is 0 Å². The van der Waals surface area contributed by atoms with Gasteiger partial charge in [0, 0.05) is 23.7 Å². The second-order valence-electron chi connectivity index (χ2n) is 5.25. The maximum atomic E-state index is 12.5. The summed E-state index contributed by atoms with van der Waals surface area (Å²) >= 11 is 1.65. The fraction of sp³-hybridized carbons (Fsp3) is 0.118. The van der Waals surface area contributed by atoms with Crippen LogP contribution in [-0.4, -0.2) is 14.7 Å². The average Bonchev–Trinajstić information content (AvgIpc) is 3.23. The van der Waals surface area contributed by atoms with E-state index in [4.69, 9.17) is 4.52 Å². The van der Waals surface area contributed by atoms with Crippen LogP contribution in [0.2, 0.25) is 0 Å². The Morgan fingerprint density at radius 2 is 2.09 bits per heavy atom. The molecule has 114 valence electrons.